The summed E-state index contributed by atoms with van der Waals surface area (Å²) in [6.07, 6.45) is 2.20. The van der Waals surface area contributed by atoms with Crippen LogP contribution in [-0.2, 0) is 9.47 Å². The van der Waals surface area contributed by atoms with Gasteiger partial charge in [0.15, 0.2) is 6.29 Å². The van der Waals surface area contributed by atoms with Gasteiger partial charge >= 0.3 is 0 Å². The second-order valence-corrected chi connectivity index (χ2v) is 5.69. The van der Waals surface area contributed by atoms with Crippen LogP contribution in [0, 0.1) is 0 Å². The fourth-order valence-electron chi connectivity index (χ4n) is 2.46. The third-order valence-corrected chi connectivity index (χ3v) is 3.88. The van der Waals surface area contributed by atoms with Gasteiger partial charge < -0.3 is 29.9 Å². The molecule has 1 rings (SSSR count). The minimum Gasteiger partial charge on any atom is -0.394 e. The number of rotatable bonds is 10. The Morgan fingerprint density at radius 2 is 1.48 bits per heavy atom. The molecule has 0 bridgehead atoms. The average molecular weight is 306 g/mol. The predicted molar refractivity (Wildman–Crippen MR) is 77.7 cm³/mol. The molecule has 0 radical (unpaired) electrons. The van der Waals surface area contributed by atoms with Gasteiger partial charge in [0, 0.05) is 6.61 Å². The molecule has 1 heterocycles. The molecule has 6 heteroatoms. The summed E-state index contributed by atoms with van der Waals surface area (Å²) in [6, 6.07) is 0. The van der Waals surface area contributed by atoms with Gasteiger partial charge in [0.2, 0.25) is 0 Å². The summed E-state index contributed by atoms with van der Waals surface area (Å²) < 4.78 is 10.7. The van der Waals surface area contributed by atoms with Gasteiger partial charge in [0.05, 0.1) is 6.61 Å². The number of hydrogen-bond acceptors (Lipinski definition) is 6. The van der Waals surface area contributed by atoms with E-state index in [0.29, 0.717) is 6.61 Å². The maximum absolute atomic E-state index is 9.78. The third kappa shape index (κ3) is 6.18. The predicted octanol–water partition coefficient (Wildman–Crippen LogP) is 0.553. The maximum Gasteiger partial charge on any atom is 0.186 e. The number of ether oxygens (including phenoxy) is 2. The highest BCUT2D eigenvalue weighted by molar-refractivity contribution is 4.88. The lowest BCUT2D eigenvalue weighted by Crippen LogP contribution is -2.59. The Labute approximate surface area is 126 Å². The fraction of sp³-hybridized carbons (Fsp3) is 1.00. The number of hydrogen-bond donors (Lipinski definition) is 4. The SMILES string of the molecule is CCCCCCCCCO[C@@H]1O[C@@H](CO)[C@@H](O)[C@H](O)[C@H]1O. The van der Waals surface area contributed by atoms with E-state index < -0.39 is 37.3 Å². The molecule has 21 heavy (non-hydrogen) atoms. The molecule has 0 aliphatic carbocycles. The summed E-state index contributed by atoms with van der Waals surface area (Å²) in [7, 11) is 0. The van der Waals surface area contributed by atoms with E-state index in [1.165, 1.54) is 25.7 Å². The molecule has 126 valence electrons. The molecule has 1 saturated heterocycles. The maximum atomic E-state index is 9.78. The fourth-order valence-corrected chi connectivity index (χ4v) is 2.46. The molecule has 1 fully saturated rings. The van der Waals surface area contributed by atoms with Crippen molar-refractivity contribution in [3.63, 3.8) is 0 Å². The van der Waals surface area contributed by atoms with Crippen LogP contribution in [0.1, 0.15) is 51.9 Å². The van der Waals surface area contributed by atoms with Gasteiger partial charge in [0.25, 0.3) is 0 Å². The number of aliphatic hydroxyl groups excluding tert-OH is 4. The zero-order valence-corrected chi connectivity index (χ0v) is 12.9. The van der Waals surface area contributed by atoms with Crippen molar-refractivity contribution in [2.24, 2.45) is 0 Å². The summed E-state index contributed by atoms with van der Waals surface area (Å²) in [5, 5.41) is 38.1. The van der Waals surface area contributed by atoms with Crippen LogP contribution in [0.3, 0.4) is 0 Å². The molecule has 0 aromatic heterocycles. The van der Waals surface area contributed by atoms with Gasteiger partial charge in [-0.1, -0.05) is 45.4 Å². The normalized spacial score (nSPS) is 33.3. The second-order valence-electron chi connectivity index (χ2n) is 5.69. The Balaban J connectivity index is 2.16. The van der Waals surface area contributed by atoms with E-state index in [4.69, 9.17) is 14.6 Å². The molecule has 0 saturated carbocycles. The summed E-state index contributed by atoms with van der Waals surface area (Å²) in [4.78, 5) is 0. The molecular weight excluding hydrogens is 276 g/mol. The quantitative estimate of drug-likeness (QED) is 0.440. The van der Waals surface area contributed by atoms with Crippen molar-refractivity contribution < 1.29 is 29.9 Å². The zero-order chi connectivity index (χ0) is 15.7. The van der Waals surface area contributed by atoms with Crippen LogP contribution in [0.2, 0.25) is 0 Å². The van der Waals surface area contributed by atoms with E-state index >= 15 is 0 Å². The van der Waals surface area contributed by atoms with E-state index in [1.54, 1.807) is 0 Å². The average Bonchev–Trinajstić information content (AvgIpc) is 2.49. The summed E-state index contributed by atoms with van der Waals surface area (Å²) in [6.45, 7) is 2.19. The molecule has 0 aromatic carbocycles. The topological polar surface area (TPSA) is 99.4 Å². The van der Waals surface area contributed by atoms with Crippen LogP contribution in [0.25, 0.3) is 0 Å². The van der Waals surface area contributed by atoms with Crippen molar-refractivity contribution in [3.8, 4) is 0 Å². The monoisotopic (exact) mass is 306 g/mol. The van der Waals surface area contributed by atoms with Crippen LogP contribution in [-0.4, -0.2) is 64.3 Å². The lowest BCUT2D eigenvalue weighted by molar-refractivity contribution is -0.301. The van der Waals surface area contributed by atoms with Crippen LogP contribution < -0.4 is 0 Å². The minimum absolute atomic E-state index is 0.427. The summed E-state index contributed by atoms with van der Waals surface area (Å²) in [5.41, 5.74) is 0. The second kappa shape index (κ2) is 10.5. The van der Waals surface area contributed by atoms with Crippen molar-refractivity contribution in [3.05, 3.63) is 0 Å². The lowest BCUT2D eigenvalue weighted by Gasteiger charge is -2.39. The summed E-state index contributed by atoms with van der Waals surface area (Å²) in [5.74, 6) is 0. The molecule has 6 nitrogen and oxygen atoms in total. The highest BCUT2D eigenvalue weighted by Crippen LogP contribution is 2.22. The molecule has 0 aromatic rings. The molecule has 4 N–H and O–H groups in total. The van der Waals surface area contributed by atoms with Crippen LogP contribution >= 0.6 is 0 Å². The smallest absolute Gasteiger partial charge is 0.186 e. The highest BCUT2D eigenvalue weighted by atomic mass is 16.7. The van der Waals surface area contributed by atoms with E-state index in [9.17, 15) is 15.3 Å². The first-order valence-corrected chi connectivity index (χ1v) is 8.04. The molecule has 1 aliphatic heterocycles. The highest BCUT2D eigenvalue weighted by Gasteiger charge is 2.43. The molecule has 1 aliphatic rings. The van der Waals surface area contributed by atoms with Crippen LogP contribution in [0.5, 0.6) is 0 Å². The zero-order valence-electron chi connectivity index (χ0n) is 12.9. The first kappa shape index (κ1) is 18.8. The number of unbranched alkanes of at least 4 members (excludes halogenated alkanes) is 6. The largest absolute Gasteiger partial charge is 0.394 e. The molecular formula is C15H30O6. The Morgan fingerprint density at radius 1 is 0.857 bits per heavy atom. The Bertz CT molecular complexity index is 261. The van der Waals surface area contributed by atoms with Crippen molar-refractivity contribution in [1.82, 2.24) is 0 Å². The first-order chi connectivity index (χ1) is 10.1. The number of aliphatic hydroxyl groups is 4. The van der Waals surface area contributed by atoms with Gasteiger partial charge in [-0.05, 0) is 6.42 Å². The minimum atomic E-state index is -1.37. The Morgan fingerprint density at radius 3 is 2.10 bits per heavy atom. The lowest BCUT2D eigenvalue weighted by atomic mass is 9.99. The first-order valence-electron chi connectivity index (χ1n) is 8.04. The molecule has 5 atom stereocenters. The van der Waals surface area contributed by atoms with Crippen molar-refractivity contribution in [2.45, 2.75) is 82.6 Å². The van der Waals surface area contributed by atoms with Gasteiger partial charge in [-0.15, -0.1) is 0 Å². The summed E-state index contributed by atoms with van der Waals surface area (Å²) >= 11 is 0. The third-order valence-electron chi connectivity index (χ3n) is 3.88. The van der Waals surface area contributed by atoms with Crippen molar-refractivity contribution >= 4 is 0 Å². The van der Waals surface area contributed by atoms with Gasteiger partial charge in [-0.3, -0.25) is 0 Å². The Hall–Kier alpha value is -0.240. The molecule has 0 unspecified atom stereocenters. The van der Waals surface area contributed by atoms with Crippen molar-refractivity contribution in [1.29, 1.82) is 0 Å². The van der Waals surface area contributed by atoms with Crippen molar-refractivity contribution in [2.75, 3.05) is 13.2 Å². The molecule has 0 spiro atoms. The molecule has 0 amide bonds. The van der Waals surface area contributed by atoms with E-state index in [0.717, 1.165) is 19.3 Å². The van der Waals surface area contributed by atoms with Gasteiger partial charge in [-0.2, -0.15) is 0 Å². The van der Waals surface area contributed by atoms with Crippen LogP contribution in [0.4, 0.5) is 0 Å². The van der Waals surface area contributed by atoms with Gasteiger partial charge in [0.1, 0.15) is 24.4 Å². The van der Waals surface area contributed by atoms with Crippen LogP contribution in [0.15, 0.2) is 0 Å². The van der Waals surface area contributed by atoms with E-state index in [1.807, 2.05) is 0 Å². The van der Waals surface area contributed by atoms with E-state index in [2.05, 4.69) is 6.92 Å². The Kier molecular flexibility index (Phi) is 9.39. The standard InChI is InChI=1S/C15H30O6/c1-2-3-4-5-6-7-8-9-20-15-14(19)13(18)12(17)11(10-16)21-15/h11-19H,2-10H2,1H3/t11-,12+,13-,14+,15+/m0/s1. The van der Waals surface area contributed by atoms with E-state index in [-0.39, 0.29) is 0 Å². The van der Waals surface area contributed by atoms with Gasteiger partial charge in [-0.25, -0.2) is 0 Å².